The third kappa shape index (κ3) is 3.92. The molecule has 1 aliphatic rings. The van der Waals surface area contributed by atoms with Crippen LogP contribution in [0.5, 0.6) is 5.75 Å². The van der Waals surface area contributed by atoms with Gasteiger partial charge in [-0.1, -0.05) is 22.0 Å². The maximum absolute atomic E-state index is 5.74. The van der Waals surface area contributed by atoms with Crippen LogP contribution in [0.15, 0.2) is 22.7 Å². The van der Waals surface area contributed by atoms with Crippen molar-refractivity contribution < 1.29 is 9.47 Å². The van der Waals surface area contributed by atoms with Gasteiger partial charge in [0.2, 0.25) is 0 Å². The summed E-state index contributed by atoms with van der Waals surface area (Å²) in [5, 5.41) is 0. The van der Waals surface area contributed by atoms with Gasteiger partial charge in [0.25, 0.3) is 0 Å². The van der Waals surface area contributed by atoms with E-state index in [9.17, 15) is 0 Å². The Bertz CT molecular complexity index is 408. The van der Waals surface area contributed by atoms with E-state index in [1.165, 1.54) is 0 Å². The van der Waals surface area contributed by atoms with Crippen molar-refractivity contribution in [3.8, 4) is 5.75 Å². The molecule has 0 amide bonds. The van der Waals surface area contributed by atoms with Crippen LogP contribution in [0.1, 0.15) is 30.9 Å². The highest BCUT2D eigenvalue weighted by molar-refractivity contribution is 9.10. The lowest BCUT2D eigenvalue weighted by Crippen LogP contribution is -2.31. The quantitative estimate of drug-likeness (QED) is 0.644. The Hall–Kier alpha value is -0.620. The highest BCUT2D eigenvalue weighted by Crippen LogP contribution is 2.33. The number of benzene rings is 1. The molecule has 3 N–H and O–H groups in total. The van der Waals surface area contributed by atoms with Crippen LogP contribution in [0.3, 0.4) is 0 Å². The number of hydrazine groups is 1. The summed E-state index contributed by atoms with van der Waals surface area (Å²) in [6.45, 7) is 1.72. The molecule has 4 nitrogen and oxygen atoms in total. The highest BCUT2D eigenvalue weighted by atomic mass is 79.9. The Kier molecular flexibility index (Phi) is 5.63. The molecule has 5 heteroatoms. The van der Waals surface area contributed by atoms with Crippen LogP contribution in [0.2, 0.25) is 0 Å². The van der Waals surface area contributed by atoms with Crippen molar-refractivity contribution in [3.63, 3.8) is 0 Å². The minimum absolute atomic E-state index is 0.117. The molecular weight excluding hydrogens is 308 g/mol. The van der Waals surface area contributed by atoms with E-state index in [1.807, 2.05) is 12.1 Å². The Labute approximate surface area is 122 Å². The summed E-state index contributed by atoms with van der Waals surface area (Å²) in [6, 6.07) is 6.17. The number of nitrogens with one attached hydrogen (secondary N) is 1. The maximum Gasteiger partial charge on any atom is 0.124 e. The molecule has 0 aliphatic carbocycles. The Balaban J connectivity index is 2.11. The lowest BCUT2D eigenvalue weighted by atomic mass is 9.89. The average molecular weight is 329 g/mol. The SMILES string of the molecule is COc1cc(Br)ccc1C(CC1CCOCC1)NN. The van der Waals surface area contributed by atoms with Crippen molar-refractivity contribution in [3.05, 3.63) is 28.2 Å². The second-order valence-corrected chi connectivity index (χ2v) is 5.81. The molecule has 1 heterocycles. The van der Waals surface area contributed by atoms with Crippen LogP contribution in [-0.2, 0) is 4.74 Å². The van der Waals surface area contributed by atoms with E-state index in [1.54, 1.807) is 7.11 Å². The standard InChI is InChI=1S/C14H21BrN2O2/c1-18-14-9-11(15)2-3-12(14)13(17-16)8-10-4-6-19-7-5-10/h2-3,9-10,13,17H,4-8,16H2,1H3. The summed E-state index contributed by atoms with van der Waals surface area (Å²) in [7, 11) is 1.69. The molecule has 1 aliphatic heterocycles. The highest BCUT2D eigenvalue weighted by Gasteiger charge is 2.22. The molecule has 0 bridgehead atoms. The summed E-state index contributed by atoms with van der Waals surface area (Å²) >= 11 is 3.46. The fraction of sp³-hybridized carbons (Fsp3) is 0.571. The molecule has 1 atom stereocenters. The van der Waals surface area contributed by atoms with Gasteiger partial charge in [-0.15, -0.1) is 0 Å². The van der Waals surface area contributed by atoms with Gasteiger partial charge in [0.15, 0.2) is 0 Å². The van der Waals surface area contributed by atoms with Gasteiger partial charge in [0.1, 0.15) is 5.75 Å². The van der Waals surface area contributed by atoms with Gasteiger partial charge in [-0.2, -0.15) is 0 Å². The summed E-state index contributed by atoms with van der Waals surface area (Å²) in [5.41, 5.74) is 4.03. The van der Waals surface area contributed by atoms with Crippen molar-refractivity contribution >= 4 is 15.9 Å². The zero-order valence-electron chi connectivity index (χ0n) is 11.2. The average Bonchev–Trinajstić information content (AvgIpc) is 2.46. The zero-order valence-corrected chi connectivity index (χ0v) is 12.8. The van der Waals surface area contributed by atoms with E-state index in [4.69, 9.17) is 15.3 Å². The summed E-state index contributed by atoms with van der Waals surface area (Å²) in [5.74, 6) is 7.26. The van der Waals surface area contributed by atoms with Crippen LogP contribution in [-0.4, -0.2) is 20.3 Å². The van der Waals surface area contributed by atoms with Crippen molar-refractivity contribution in [2.75, 3.05) is 20.3 Å². The van der Waals surface area contributed by atoms with Crippen molar-refractivity contribution in [2.24, 2.45) is 11.8 Å². The lowest BCUT2D eigenvalue weighted by molar-refractivity contribution is 0.0604. The number of halogens is 1. The molecule has 0 saturated carbocycles. The first-order valence-electron chi connectivity index (χ1n) is 6.62. The lowest BCUT2D eigenvalue weighted by Gasteiger charge is -2.27. The summed E-state index contributed by atoms with van der Waals surface area (Å²) in [6.07, 6.45) is 3.23. The molecular formula is C14H21BrN2O2. The van der Waals surface area contributed by atoms with Gasteiger partial charge in [-0.05, 0) is 37.3 Å². The minimum atomic E-state index is 0.117. The van der Waals surface area contributed by atoms with Gasteiger partial charge in [0.05, 0.1) is 7.11 Å². The predicted octanol–water partition coefficient (Wildman–Crippen LogP) is 2.78. The van der Waals surface area contributed by atoms with Gasteiger partial charge >= 0.3 is 0 Å². The largest absolute Gasteiger partial charge is 0.496 e. The summed E-state index contributed by atoms with van der Waals surface area (Å²) in [4.78, 5) is 0. The normalized spacial score (nSPS) is 18.3. The molecule has 0 spiro atoms. The van der Waals surface area contributed by atoms with E-state index in [-0.39, 0.29) is 6.04 Å². The molecule has 1 aromatic rings. The molecule has 19 heavy (non-hydrogen) atoms. The second-order valence-electron chi connectivity index (χ2n) is 4.90. The minimum Gasteiger partial charge on any atom is -0.496 e. The number of methoxy groups -OCH3 is 1. The third-order valence-corrected chi connectivity index (χ3v) is 4.18. The first kappa shape index (κ1) is 14.8. The Morgan fingerprint density at radius 2 is 2.21 bits per heavy atom. The number of nitrogens with two attached hydrogens (primary N) is 1. The number of rotatable bonds is 5. The predicted molar refractivity (Wildman–Crippen MR) is 78.9 cm³/mol. The van der Waals surface area contributed by atoms with Crippen LogP contribution >= 0.6 is 15.9 Å². The third-order valence-electron chi connectivity index (χ3n) is 3.68. The number of ether oxygens (including phenoxy) is 2. The van der Waals surface area contributed by atoms with Gasteiger partial charge in [-0.25, -0.2) is 0 Å². The van der Waals surface area contributed by atoms with E-state index in [0.717, 1.165) is 48.3 Å². The molecule has 1 aromatic carbocycles. The Morgan fingerprint density at radius 1 is 1.47 bits per heavy atom. The fourth-order valence-corrected chi connectivity index (χ4v) is 2.91. The van der Waals surface area contributed by atoms with Crippen LogP contribution < -0.4 is 16.0 Å². The molecule has 0 aromatic heterocycles. The molecule has 1 fully saturated rings. The van der Waals surface area contributed by atoms with Crippen molar-refractivity contribution in [2.45, 2.75) is 25.3 Å². The van der Waals surface area contributed by atoms with Crippen LogP contribution in [0.4, 0.5) is 0 Å². The molecule has 1 unspecified atom stereocenters. The molecule has 1 saturated heterocycles. The fourth-order valence-electron chi connectivity index (χ4n) is 2.57. The van der Waals surface area contributed by atoms with E-state index >= 15 is 0 Å². The van der Waals surface area contributed by atoms with Gasteiger partial charge < -0.3 is 9.47 Å². The molecule has 2 rings (SSSR count). The first-order chi connectivity index (χ1) is 9.24. The topological polar surface area (TPSA) is 56.5 Å². The van der Waals surface area contributed by atoms with Crippen LogP contribution in [0.25, 0.3) is 0 Å². The van der Waals surface area contributed by atoms with E-state index in [0.29, 0.717) is 5.92 Å². The van der Waals surface area contributed by atoms with Crippen LogP contribution in [0, 0.1) is 5.92 Å². The summed E-state index contributed by atoms with van der Waals surface area (Å²) < 4.78 is 11.9. The van der Waals surface area contributed by atoms with E-state index < -0.39 is 0 Å². The monoisotopic (exact) mass is 328 g/mol. The van der Waals surface area contributed by atoms with Crippen molar-refractivity contribution in [1.82, 2.24) is 5.43 Å². The Morgan fingerprint density at radius 3 is 2.84 bits per heavy atom. The molecule has 106 valence electrons. The molecule has 0 radical (unpaired) electrons. The van der Waals surface area contributed by atoms with E-state index in [2.05, 4.69) is 27.4 Å². The second kappa shape index (κ2) is 7.24. The van der Waals surface area contributed by atoms with Gasteiger partial charge in [-0.3, -0.25) is 11.3 Å². The van der Waals surface area contributed by atoms with Crippen molar-refractivity contribution in [1.29, 1.82) is 0 Å². The smallest absolute Gasteiger partial charge is 0.124 e. The number of hydrogen-bond acceptors (Lipinski definition) is 4. The zero-order chi connectivity index (χ0) is 13.7. The number of hydrogen-bond donors (Lipinski definition) is 2. The maximum atomic E-state index is 5.74. The van der Waals surface area contributed by atoms with Gasteiger partial charge in [0, 0.05) is 29.3 Å². The first-order valence-corrected chi connectivity index (χ1v) is 7.41.